The number of nitrogens with one attached hydrogen (secondary N) is 2. The third kappa shape index (κ3) is 2.66. The first-order chi connectivity index (χ1) is 8.61. The summed E-state index contributed by atoms with van der Waals surface area (Å²) >= 11 is 0. The van der Waals surface area contributed by atoms with Crippen molar-refractivity contribution in [3.05, 3.63) is 29.8 Å². The fraction of sp³-hybridized carbons (Fsp3) is 0.533. The maximum absolute atomic E-state index is 12.2. The molecule has 3 atom stereocenters. The molecule has 3 nitrogen and oxygen atoms in total. The second kappa shape index (κ2) is 5.42. The van der Waals surface area contributed by atoms with Crippen LogP contribution in [0.4, 0.5) is 5.69 Å². The summed E-state index contributed by atoms with van der Waals surface area (Å²) < 4.78 is 0. The highest BCUT2D eigenvalue weighted by Gasteiger charge is 2.30. The lowest BCUT2D eigenvalue weighted by Crippen LogP contribution is -2.45. The van der Waals surface area contributed by atoms with E-state index in [1.54, 1.807) is 0 Å². The van der Waals surface area contributed by atoms with Gasteiger partial charge in [0.05, 0.1) is 5.92 Å². The molecule has 1 aliphatic rings. The molecule has 2 N–H and O–H groups in total. The Bertz CT molecular complexity index is 430. The summed E-state index contributed by atoms with van der Waals surface area (Å²) in [4.78, 5) is 12.2. The normalized spacial score (nSPS) is 23.7. The Balaban J connectivity index is 2.09. The Hall–Kier alpha value is -1.51. The van der Waals surface area contributed by atoms with Crippen LogP contribution >= 0.6 is 0 Å². The standard InChI is InChI=1S/C15H22N2O/c1-4-10(2)16-15(18)13-9-12-7-5-6-8-14(12)17-11(13)3/h5-8,10-11,13,17H,4,9H2,1-3H3,(H,16,18). The quantitative estimate of drug-likeness (QED) is 0.860. The molecule has 0 aromatic heterocycles. The Morgan fingerprint density at radius 1 is 1.50 bits per heavy atom. The fourth-order valence-corrected chi connectivity index (χ4v) is 2.37. The number of hydrogen-bond acceptors (Lipinski definition) is 2. The van der Waals surface area contributed by atoms with E-state index in [1.807, 2.05) is 19.1 Å². The summed E-state index contributed by atoms with van der Waals surface area (Å²) in [6, 6.07) is 8.66. The van der Waals surface area contributed by atoms with E-state index in [0.29, 0.717) is 0 Å². The summed E-state index contributed by atoms with van der Waals surface area (Å²) in [5.41, 5.74) is 2.40. The molecule has 3 unspecified atom stereocenters. The number of hydrogen-bond donors (Lipinski definition) is 2. The average molecular weight is 246 g/mol. The minimum absolute atomic E-state index is 0.0221. The molecule has 1 heterocycles. The van der Waals surface area contributed by atoms with Gasteiger partial charge in [-0.15, -0.1) is 0 Å². The van der Waals surface area contributed by atoms with Crippen LogP contribution < -0.4 is 10.6 Å². The van der Waals surface area contributed by atoms with Crippen molar-refractivity contribution in [1.29, 1.82) is 0 Å². The van der Waals surface area contributed by atoms with Crippen molar-refractivity contribution in [3.63, 3.8) is 0 Å². The highest BCUT2D eigenvalue weighted by Crippen LogP contribution is 2.28. The van der Waals surface area contributed by atoms with Crippen LogP contribution in [0.1, 0.15) is 32.8 Å². The van der Waals surface area contributed by atoms with Gasteiger partial charge in [0.25, 0.3) is 0 Å². The number of fused-ring (bicyclic) bond motifs is 1. The maximum atomic E-state index is 12.2. The van der Waals surface area contributed by atoms with Gasteiger partial charge in [-0.3, -0.25) is 4.79 Å². The van der Waals surface area contributed by atoms with E-state index in [1.165, 1.54) is 5.56 Å². The topological polar surface area (TPSA) is 41.1 Å². The molecule has 0 fully saturated rings. The zero-order chi connectivity index (χ0) is 13.1. The predicted octanol–water partition coefficient (Wildman–Crippen LogP) is 2.57. The van der Waals surface area contributed by atoms with Gasteiger partial charge < -0.3 is 10.6 Å². The van der Waals surface area contributed by atoms with E-state index in [0.717, 1.165) is 18.5 Å². The van der Waals surface area contributed by atoms with E-state index in [4.69, 9.17) is 0 Å². The molecule has 0 saturated heterocycles. The second-order valence-corrected chi connectivity index (χ2v) is 5.22. The van der Waals surface area contributed by atoms with E-state index >= 15 is 0 Å². The van der Waals surface area contributed by atoms with Crippen molar-refractivity contribution < 1.29 is 4.79 Å². The number of para-hydroxylation sites is 1. The summed E-state index contributed by atoms with van der Waals surface area (Å²) in [7, 11) is 0. The zero-order valence-electron chi connectivity index (χ0n) is 11.4. The van der Waals surface area contributed by atoms with Gasteiger partial charge in [0.15, 0.2) is 0 Å². The number of carbonyl (C=O) groups is 1. The molecule has 0 bridgehead atoms. The number of carbonyl (C=O) groups excluding carboxylic acids is 1. The maximum Gasteiger partial charge on any atom is 0.225 e. The first kappa shape index (κ1) is 12.9. The van der Waals surface area contributed by atoms with Gasteiger partial charge in [-0.1, -0.05) is 25.1 Å². The molecule has 0 saturated carbocycles. The second-order valence-electron chi connectivity index (χ2n) is 5.22. The molecule has 3 heteroatoms. The van der Waals surface area contributed by atoms with Crippen LogP contribution in [0.25, 0.3) is 0 Å². The lowest BCUT2D eigenvalue weighted by Gasteiger charge is -2.32. The van der Waals surface area contributed by atoms with Crippen LogP contribution in [0.2, 0.25) is 0 Å². The number of rotatable bonds is 3. The van der Waals surface area contributed by atoms with Gasteiger partial charge in [0.1, 0.15) is 0 Å². The summed E-state index contributed by atoms with van der Waals surface area (Å²) in [6.45, 7) is 6.21. The van der Waals surface area contributed by atoms with Crippen LogP contribution in [-0.4, -0.2) is 18.0 Å². The molecule has 1 aromatic rings. The van der Waals surface area contributed by atoms with Crippen LogP contribution in [0.15, 0.2) is 24.3 Å². The monoisotopic (exact) mass is 246 g/mol. The van der Waals surface area contributed by atoms with Gasteiger partial charge in [-0.2, -0.15) is 0 Å². The molecular formula is C15H22N2O. The molecule has 0 aliphatic carbocycles. The molecule has 0 radical (unpaired) electrons. The van der Waals surface area contributed by atoms with E-state index < -0.39 is 0 Å². The molecule has 1 amide bonds. The number of benzene rings is 1. The third-order valence-electron chi connectivity index (χ3n) is 3.78. The Morgan fingerprint density at radius 3 is 2.94 bits per heavy atom. The predicted molar refractivity (Wildman–Crippen MR) is 74.6 cm³/mol. The van der Waals surface area contributed by atoms with Crippen molar-refractivity contribution >= 4 is 11.6 Å². The van der Waals surface area contributed by atoms with Gasteiger partial charge in [0.2, 0.25) is 5.91 Å². The summed E-state index contributed by atoms with van der Waals surface area (Å²) in [5.74, 6) is 0.188. The lowest BCUT2D eigenvalue weighted by atomic mass is 9.87. The van der Waals surface area contributed by atoms with Gasteiger partial charge in [-0.05, 0) is 38.3 Å². The Kier molecular flexibility index (Phi) is 3.90. The first-order valence-corrected chi connectivity index (χ1v) is 6.76. The van der Waals surface area contributed by atoms with E-state index in [9.17, 15) is 4.79 Å². The summed E-state index contributed by atoms with van der Waals surface area (Å²) in [5, 5.41) is 6.50. The summed E-state index contributed by atoms with van der Waals surface area (Å²) in [6.07, 6.45) is 1.80. The highest BCUT2D eigenvalue weighted by molar-refractivity contribution is 5.81. The van der Waals surface area contributed by atoms with Crippen molar-refractivity contribution in [2.45, 2.75) is 45.7 Å². The lowest BCUT2D eigenvalue weighted by molar-refractivity contribution is -0.126. The van der Waals surface area contributed by atoms with Crippen molar-refractivity contribution in [1.82, 2.24) is 5.32 Å². The third-order valence-corrected chi connectivity index (χ3v) is 3.78. The average Bonchev–Trinajstić information content (AvgIpc) is 2.37. The Morgan fingerprint density at radius 2 is 2.22 bits per heavy atom. The molecule has 2 rings (SSSR count). The minimum Gasteiger partial charge on any atom is -0.382 e. The van der Waals surface area contributed by atoms with Crippen LogP contribution in [-0.2, 0) is 11.2 Å². The van der Waals surface area contributed by atoms with Crippen molar-refractivity contribution in [2.24, 2.45) is 5.92 Å². The van der Waals surface area contributed by atoms with Gasteiger partial charge in [-0.25, -0.2) is 0 Å². The van der Waals surface area contributed by atoms with Crippen LogP contribution in [0, 0.1) is 5.92 Å². The van der Waals surface area contributed by atoms with Gasteiger partial charge >= 0.3 is 0 Å². The first-order valence-electron chi connectivity index (χ1n) is 6.76. The Labute approximate surface area is 109 Å². The molecular weight excluding hydrogens is 224 g/mol. The largest absolute Gasteiger partial charge is 0.382 e. The van der Waals surface area contributed by atoms with E-state index in [2.05, 4.69) is 36.6 Å². The van der Waals surface area contributed by atoms with Crippen molar-refractivity contribution in [2.75, 3.05) is 5.32 Å². The van der Waals surface area contributed by atoms with Crippen LogP contribution in [0.3, 0.4) is 0 Å². The smallest absolute Gasteiger partial charge is 0.225 e. The number of anilines is 1. The van der Waals surface area contributed by atoms with Gasteiger partial charge in [0, 0.05) is 17.8 Å². The van der Waals surface area contributed by atoms with Crippen molar-refractivity contribution in [3.8, 4) is 0 Å². The molecule has 1 aromatic carbocycles. The highest BCUT2D eigenvalue weighted by atomic mass is 16.2. The minimum atomic E-state index is 0.0221. The molecule has 1 aliphatic heterocycles. The fourth-order valence-electron chi connectivity index (χ4n) is 2.37. The number of amides is 1. The molecule has 0 spiro atoms. The SMILES string of the molecule is CCC(C)NC(=O)C1Cc2ccccc2NC1C. The molecule has 98 valence electrons. The zero-order valence-corrected chi connectivity index (χ0v) is 11.4. The molecule has 18 heavy (non-hydrogen) atoms. The van der Waals surface area contributed by atoms with E-state index in [-0.39, 0.29) is 23.9 Å². The van der Waals surface area contributed by atoms with Crippen LogP contribution in [0.5, 0.6) is 0 Å².